The highest BCUT2D eigenvalue weighted by Crippen LogP contribution is 2.39. The van der Waals surface area contributed by atoms with Crippen molar-refractivity contribution in [1.29, 1.82) is 0 Å². The van der Waals surface area contributed by atoms with Crippen molar-refractivity contribution in [1.82, 2.24) is 10.2 Å². The fourth-order valence-electron chi connectivity index (χ4n) is 2.28. The Morgan fingerprint density at radius 1 is 1.18 bits per heavy atom. The molecule has 1 aromatic carbocycles. The Kier molecular flexibility index (Phi) is 8.61. The normalized spacial score (nSPS) is 12.9. The number of hydrogen-bond donors (Lipinski definition) is 2. The molecular weight excluding hydrogens is 395 g/mol. The van der Waals surface area contributed by atoms with Crippen molar-refractivity contribution >= 4 is 11.3 Å². The van der Waals surface area contributed by atoms with Crippen LogP contribution >= 0.6 is 11.3 Å². The number of halogens is 3. The summed E-state index contributed by atoms with van der Waals surface area (Å²) in [6.07, 6.45) is -2.09. The van der Waals surface area contributed by atoms with E-state index in [1.165, 1.54) is 12.1 Å². The van der Waals surface area contributed by atoms with Crippen molar-refractivity contribution in [3.8, 4) is 16.3 Å². The average molecular weight is 419 g/mol. The maximum absolute atomic E-state index is 13.5. The summed E-state index contributed by atoms with van der Waals surface area (Å²) in [5.41, 5.74) is 5.05. The summed E-state index contributed by atoms with van der Waals surface area (Å²) in [4.78, 5) is 0. The molecule has 1 atom stereocenters. The highest BCUT2D eigenvalue weighted by molar-refractivity contribution is 7.14. The van der Waals surface area contributed by atoms with Gasteiger partial charge in [0, 0.05) is 25.2 Å². The van der Waals surface area contributed by atoms with Gasteiger partial charge in [-0.25, -0.2) is 0 Å². The third-order valence-corrected chi connectivity index (χ3v) is 4.92. The molecule has 0 aliphatic rings. The highest BCUT2D eigenvalue weighted by atomic mass is 32.1. The van der Waals surface area contributed by atoms with Crippen LogP contribution in [0.3, 0.4) is 0 Å². The van der Waals surface area contributed by atoms with Crippen LogP contribution in [-0.2, 0) is 10.9 Å². The number of nitrogens with zero attached hydrogens (tertiary/aromatic N) is 2. The van der Waals surface area contributed by atoms with Gasteiger partial charge in [-0.15, -0.1) is 10.2 Å². The first-order valence-electron chi connectivity index (χ1n) is 8.98. The molecule has 0 radical (unpaired) electrons. The second kappa shape index (κ2) is 10.7. The van der Waals surface area contributed by atoms with Gasteiger partial charge in [0.1, 0.15) is 15.8 Å². The molecule has 0 aliphatic heterocycles. The van der Waals surface area contributed by atoms with Crippen LogP contribution in [0, 0.1) is 0 Å². The molecule has 2 rings (SSSR count). The fraction of sp³-hybridized carbons (Fsp3) is 0.556. The first-order chi connectivity index (χ1) is 13.4. The van der Waals surface area contributed by atoms with Gasteiger partial charge in [0.25, 0.3) is 0 Å². The van der Waals surface area contributed by atoms with Crippen molar-refractivity contribution < 1.29 is 27.8 Å². The van der Waals surface area contributed by atoms with Gasteiger partial charge in [-0.3, -0.25) is 0 Å². The molecule has 0 saturated heterocycles. The maximum Gasteiger partial charge on any atom is 0.419 e. The van der Waals surface area contributed by atoms with Crippen LogP contribution in [0.5, 0.6) is 5.75 Å². The van der Waals surface area contributed by atoms with Gasteiger partial charge in [-0.2, -0.15) is 13.2 Å². The van der Waals surface area contributed by atoms with E-state index in [0.29, 0.717) is 29.6 Å². The van der Waals surface area contributed by atoms with Crippen LogP contribution in [0.15, 0.2) is 18.2 Å². The average Bonchev–Trinajstić information content (AvgIpc) is 3.16. The van der Waals surface area contributed by atoms with E-state index in [2.05, 4.69) is 17.1 Å². The molecule has 0 fully saturated rings. The molecule has 156 valence electrons. The summed E-state index contributed by atoms with van der Waals surface area (Å²) in [6.45, 7) is 2.94. The summed E-state index contributed by atoms with van der Waals surface area (Å²) in [6, 6.07) is 3.05. The van der Waals surface area contributed by atoms with E-state index in [0.717, 1.165) is 30.2 Å². The smallest absolute Gasteiger partial charge is 0.419 e. The number of unbranched alkanes of at least 4 members (excludes halogenated alkanes) is 1. The largest absolute Gasteiger partial charge is 0.493 e. The summed E-state index contributed by atoms with van der Waals surface area (Å²) in [5.74, 6) is -0.235. The Balaban J connectivity index is 2.08. The maximum atomic E-state index is 13.5. The molecule has 0 spiro atoms. The van der Waals surface area contributed by atoms with Crippen molar-refractivity contribution in [2.75, 3.05) is 26.4 Å². The molecule has 0 saturated carbocycles. The van der Waals surface area contributed by atoms with Crippen LogP contribution in [0.1, 0.15) is 42.8 Å². The van der Waals surface area contributed by atoms with E-state index in [9.17, 15) is 13.2 Å². The first-order valence-corrected chi connectivity index (χ1v) is 9.80. The molecule has 1 heterocycles. The number of rotatable bonds is 11. The molecule has 1 aromatic heterocycles. The Morgan fingerprint density at radius 3 is 2.61 bits per heavy atom. The number of benzene rings is 1. The van der Waals surface area contributed by atoms with E-state index < -0.39 is 17.8 Å². The number of ether oxygens (including phenoxy) is 2. The number of hydrogen-bond acceptors (Lipinski definition) is 7. The predicted octanol–water partition coefficient (Wildman–Crippen LogP) is 3.80. The lowest BCUT2D eigenvalue weighted by Crippen LogP contribution is -2.13. The van der Waals surface area contributed by atoms with Crippen LogP contribution < -0.4 is 10.5 Å². The minimum Gasteiger partial charge on any atom is -0.493 e. The highest BCUT2D eigenvalue weighted by Gasteiger charge is 2.35. The number of nitrogens with two attached hydrogens (primary N) is 1. The Bertz CT molecular complexity index is 740. The second-order valence-corrected chi connectivity index (χ2v) is 7.12. The van der Waals surface area contributed by atoms with Gasteiger partial charge in [-0.05, 0) is 24.6 Å². The van der Waals surface area contributed by atoms with Crippen LogP contribution in [0.4, 0.5) is 13.2 Å². The third kappa shape index (κ3) is 6.40. The molecule has 1 unspecified atom stereocenters. The second-order valence-electron chi connectivity index (χ2n) is 6.11. The minimum absolute atomic E-state index is 0.128. The zero-order valence-electron chi connectivity index (χ0n) is 15.5. The van der Waals surface area contributed by atoms with E-state index in [1.807, 2.05) is 0 Å². The number of aromatic nitrogens is 2. The topological polar surface area (TPSA) is 90.5 Å². The summed E-state index contributed by atoms with van der Waals surface area (Å²) < 4.78 is 51.1. The van der Waals surface area contributed by atoms with E-state index >= 15 is 0 Å². The fourth-order valence-corrected chi connectivity index (χ4v) is 3.11. The monoisotopic (exact) mass is 419 g/mol. The van der Waals surface area contributed by atoms with Gasteiger partial charge in [0.15, 0.2) is 0 Å². The van der Waals surface area contributed by atoms with Crippen molar-refractivity contribution in [3.05, 3.63) is 28.8 Å². The molecular formula is C18H24F3N3O3S. The van der Waals surface area contributed by atoms with Crippen LogP contribution in [-0.4, -0.2) is 41.7 Å². The molecule has 10 heteroatoms. The molecule has 28 heavy (non-hydrogen) atoms. The molecule has 0 amide bonds. The van der Waals surface area contributed by atoms with Gasteiger partial charge in [-0.1, -0.05) is 24.7 Å². The van der Waals surface area contributed by atoms with Crippen molar-refractivity contribution in [2.24, 2.45) is 5.73 Å². The number of aliphatic hydroxyl groups excluding tert-OH is 1. The number of aliphatic hydroxyl groups is 1. The number of alkyl halides is 3. The standard InChI is InChI=1S/C18H24F3N3O3S/c1-2-3-7-26-8-4-9-27-15-6-5-12(10-13(15)18(19,20)21)16-23-24-17(28-16)14(22)11-25/h5-6,10,14,25H,2-4,7-9,11,22H2,1H3. The van der Waals surface area contributed by atoms with Gasteiger partial charge >= 0.3 is 6.18 Å². The van der Waals surface area contributed by atoms with Crippen LogP contribution in [0.25, 0.3) is 10.6 Å². The SMILES string of the molecule is CCCCOCCCOc1ccc(-c2nnc(C(N)CO)s2)cc1C(F)(F)F. The van der Waals surface area contributed by atoms with Gasteiger partial charge < -0.3 is 20.3 Å². The van der Waals surface area contributed by atoms with Gasteiger partial charge in [0.2, 0.25) is 0 Å². The summed E-state index contributed by atoms with van der Waals surface area (Å²) >= 11 is 1.04. The Morgan fingerprint density at radius 2 is 1.93 bits per heavy atom. The van der Waals surface area contributed by atoms with E-state index in [-0.39, 0.29) is 24.5 Å². The zero-order chi connectivity index (χ0) is 20.6. The minimum atomic E-state index is -4.57. The van der Waals surface area contributed by atoms with E-state index in [4.69, 9.17) is 20.3 Å². The third-order valence-electron chi connectivity index (χ3n) is 3.82. The zero-order valence-corrected chi connectivity index (χ0v) is 16.4. The van der Waals surface area contributed by atoms with Crippen molar-refractivity contribution in [3.63, 3.8) is 0 Å². The molecule has 3 N–H and O–H groups in total. The first kappa shape index (κ1) is 22.5. The predicted molar refractivity (Wildman–Crippen MR) is 100 cm³/mol. The Hall–Kier alpha value is -1.75. The lowest BCUT2D eigenvalue weighted by molar-refractivity contribution is -0.138. The summed E-state index contributed by atoms with van der Waals surface area (Å²) in [5, 5.41) is 17.4. The Labute approximate surface area is 165 Å². The van der Waals surface area contributed by atoms with Gasteiger partial charge in [0.05, 0.1) is 24.8 Å². The van der Waals surface area contributed by atoms with E-state index in [1.54, 1.807) is 0 Å². The summed E-state index contributed by atoms with van der Waals surface area (Å²) in [7, 11) is 0. The van der Waals surface area contributed by atoms with Crippen LogP contribution in [0.2, 0.25) is 0 Å². The quantitative estimate of drug-likeness (QED) is 0.539. The molecule has 0 bridgehead atoms. The lowest BCUT2D eigenvalue weighted by atomic mass is 10.1. The lowest BCUT2D eigenvalue weighted by Gasteiger charge is -2.15. The molecule has 0 aliphatic carbocycles. The van der Waals surface area contributed by atoms with Crippen molar-refractivity contribution in [2.45, 2.75) is 38.4 Å². The molecule has 2 aromatic rings. The molecule has 6 nitrogen and oxygen atoms in total.